The molecule has 7 heteroatoms. The van der Waals surface area contributed by atoms with Crippen molar-refractivity contribution in [3.8, 4) is 0 Å². The fourth-order valence-electron chi connectivity index (χ4n) is 2.16. The lowest BCUT2D eigenvalue weighted by Gasteiger charge is -2.28. The quantitative estimate of drug-likeness (QED) is 0.714. The van der Waals surface area contributed by atoms with Crippen molar-refractivity contribution in [2.45, 2.75) is 31.3 Å². The molecule has 0 spiro atoms. The molecular weight excluding hydrogens is 244 g/mol. The Morgan fingerprint density at radius 2 is 2.00 bits per heavy atom. The van der Waals surface area contributed by atoms with E-state index in [2.05, 4.69) is 4.72 Å². The van der Waals surface area contributed by atoms with Crippen LogP contribution in [-0.4, -0.2) is 56.3 Å². The van der Waals surface area contributed by atoms with Gasteiger partial charge in [-0.3, -0.25) is 0 Å². The molecule has 0 aromatic carbocycles. The summed E-state index contributed by atoms with van der Waals surface area (Å²) < 4.78 is 32.9. The van der Waals surface area contributed by atoms with Crippen LogP contribution >= 0.6 is 0 Å². The maximum atomic E-state index is 11.9. The van der Waals surface area contributed by atoms with Gasteiger partial charge in [-0.25, -0.2) is 0 Å². The van der Waals surface area contributed by atoms with Crippen LogP contribution in [0.25, 0.3) is 0 Å². The van der Waals surface area contributed by atoms with Crippen LogP contribution in [-0.2, 0) is 14.9 Å². The summed E-state index contributed by atoms with van der Waals surface area (Å²) in [4.78, 5) is 0. The summed E-state index contributed by atoms with van der Waals surface area (Å²) in [7, 11) is -3.44. The molecule has 6 nitrogen and oxygen atoms in total. The summed E-state index contributed by atoms with van der Waals surface area (Å²) in [5.74, 6) is 0. The van der Waals surface area contributed by atoms with Gasteiger partial charge in [0.15, 0.2) is 0 Å². The number of piperidine rings is 1. The minimum Gasteiger partial charge on any atom is -0.386 e. The van der Waals surface area contributed by atoms with E-state index in [1.54, 1.807) is 0 Å². The first-order chi connectivity index (χ1) is 8.02. The summed E-state index contributed by atoms with van der Waals surface area (Å²) in [5, 5.41) is 9.98. The van der Waals surface area contributed by atoms with Gasteiger partial charge in [-0.05, 0) is 12.8 Å². The van der Waals surface area contributed by atoms with Crippen LogP contribution < -0.4 is 4.72 Å². The van der Waals surface area contributed by atoms with Gasteiger partial charge in [0, 0.05) is 32.7 Å². The minimum absolute atomic E-state index is 0.0336. The van der Waals surface area contributed by atoms with Gasteiger partial charge in [-0.15, -0.1) is 0 Å². The maximum absolute atomic E-state index is 11.9. The Balaban J connectivity index is 1.88. The highest BCUT2D eigenvalue weighted by Gasteiger charge is 2.34. The van der Waals surface area contributed by atoms with E-state index in [9.17, 15) is 13.5 Å². The highest BCUT2D eigenvalue weighted by atomic mass is 32.2. The molecule has 100 valence electrons. The van der Waals surface area contributed by atoms with Gasteiger partial charge in [0.1, 0.15) is 5.60 Å². The van der Waals surface area contributed by atoms with E-state index in [-0.39, 0.29) is 13.2 Å². The Morgan fingerprint density at radius 1 is 1.29 bits per heavy atom. The van der Waals surface area contributed by atoms with E-state index in [1.165, 1.54) is 4.31 Å². The van der Waals surface area contributed by atoms with Gasteiger partial charge >= 0.3 is 0 Å². The lowest BCUT2D eigenvalue weighted by Crippen LogP contribution is -2.49. The standard InChI is InChI=1S/C10H20N2O4S/c13-10(4-7-16-9-10)8-11-17(14,15)12-5-2-1-3-6-12/h11,13H,1-9H2. The summed E-state index contributed by atoms with van der Waals surface area (Å²) >= 11 is 0. The Morgan fingerprint density at radius 3 is 2.59 bits per heavy atom. The SMILES string of the molecule is O=S(=O)(NCC1(O)CCOC1)N1CCCCC1. The molecule has 0 radical (unpaired) electrons. The average Bonchev–Trinajstić information content (AvgIpc) is 2.76. The van der Waals surface area contributed by atoms with Crippen LogP contribution in [0.1, 0.15) is 25.7 Å². The molecule has 0 bridgehead atoms. The predicted molar refractivity (Wildman–Crippen MR) is 62.7 cm³/mol. The first-order valence-corrected chi connectivity index (χ1v) is 7.51. The summed E-state index contributed by atoms with van der Waals surface area (Å²) in [5.41, 5.74) is -1.04. The van der Waals surface area contributed by atoms with Gasteiger partial charge in [-0.1, -0.05) is 6.42 Å². The van der Waals surface area contributed by atoms with E-state index in [1.807, 2.05) is 0 Å². The number of nitrogens with zero attached hydrogens (tertiary/aromatic N) is 1. The van der Waals surface area contributed by atoms with Gasteiger partial charge in [-0.2, -0.15) is 17.4 Å². The van der Waals surface area contributed by atoms with Crippen LogP contribution in [0.15, 0.2) is 0 Å². The van der Waals surface area contributed by atoms with E-state index < -0.39 is 15.8 Å². The third-order valence-corrected chi connectivity index (χ3v) is 4.88. The third-order valence-electron chi connectivity index (χ3n) is 3.32. The van der Waals surface area contributed by atoms with Crippen LogP contribution in [0.5, 0.6) is 0 Å². The Labute approximate surface area is 102 Å². The van der Waals surface area contributed by atoms with E-state index in [4.69, 9.17) is 4.74 Å². The number of aliphatic hydroxyl groups is 1. The van der Waals surface area contributed by atoms with E-state index in [0.29, 0.717) is 26.1 Å². The fraction of sp³-hybridized carbons (Fsp3) is 1.00. The van der Waals surface area contributed by atoms with Crippen molar-refractivity contribution >= 4 is 10.2 Å². The van der Waals surface area contributed by atoms with E-state index >= 15 is 0 Å². The fourth-order valence-corrected chi connectivity index (χ4v) is 3.53. The molecule has 2 heterocycles. The van der Waals surface area contributed by atoms with Crippen LogP contribution in [0, 0.1) is 0 Å². The topological polar surface area (TPSA) is 78.9 Å². The molecule has 2 fully saturated rings. The number of nitrogens with one attached hydrogen (secondary N) is 1. The zero-order valence-electron chi connectivity index (χ0n) is 9.89. The summed E-state index contributed by atoms with van der Waals surface area (Å²) in [6.07, 6.45) is 3.39. The van der Waals surface area contributed by atoms with Crippen LogP contribution in [0.3, 0.4) is 0 Å². The highest BCUT2D eigenvalue weighted by molar-refractivity contribution is 7.87. The van der Waals surface area contributed by atoms with E-state index in [0.717, 1.165) is 19.3 Å². The normalized spacial score (nSPS) is 31.8. The first kappa shape index (κ1) is 13.2. The second-order valence-corrected chi connectivity index (χ2v) is 6.57. The van der Waals surface area contributed by atoms with Crippen molar-refractivity contribution in [3.63, 3.8) is 0 Å². The third kappa shape index (κ3) is 3.38. The van der Waals surface area contributed by atoms with Crippen LogP contribution in [0.4, 0.5) is 0 Å². The molecule has 0 aliphatic carbocycles. The molecule has 0 aromatic heterocycles. The molecule has 1 unspecified atom stereocenters. The lowest BCUT2D eigenvalue weighted by molar-refractivity contribution is 0.0311. The van der Waals surface area contributed by atoms with Gasteiger partial charge in [0.05, 0.1) is 6.61 Å². The Hall–Kier alpha value is -0.210. The van der Waals surface area contributed by atoms with Crippen molar-refractivity contribution in [1.29, 1.82) is 0 Å². The zero-order valence-corrected chi connectivity index (χ0v) is 10.7. The van der Waals surface area contributed by atoms with Crippen molar-refractivity contribution in [2.24, 2.45) is 0 Å². The molecule has 2 aliphatic rings. The number of hydrogen-bond donors (Lipinski definition) is 2. The number of ether oxygens (including phenoxy) is 1. The van der Waals surface area contributed by atoms with Crippen molar-refractivity contribution in [3.05, 3.63) is 0 Å². The van der Waals surface area contributed by atoms with Crippen molar-refractivity contribution in [1.82, 2.24) is 9.03 Å². The monoisotopic (exact) mass is 264 g/mol. The molecular formula is C10H20N2O4S. The minimum atomic E-state index is -3.44. The second-order valence-electron chi connectivity index (χ2n) is 4.81. The smallest absolute Gasteiger partial charge is 0.279 e. The maximum Gasteiger partial charge on any atom is 0.279 e. The molecule has 2 saturated heterocycles. The Kier molecular flexibility index (Phi) is 4.04. The summed E-state index contributed by atoms with van der Waals surface area (Å²) in [6, 6.07) is 0. The predicted octanol–water partition coefficient (Wildman–Crippen LogP) is -0.542. The van der Waals surface area contributed by atoms with Crippen LogP contribution in [0.2, 0.25) is 0 Å². The van der Waals surface area contributed by atoms with Gasteiger partial charge in [0.25, 0.3) is 10.2 Å². The van der Waals surface area contributed by atoms with Crippen molar-refractivity contribution in [2.75, 3.05) is 32.8 Å². The zero-order chi connectivity index (χ0) is 12.4. The van der Waals surface area contributed by atoms with Gasteiger partial charge in [0.2, 0.25) is 0 Å². The Bertz CT molecular complexity index is 345. The molecule has 0 amide bonds. The second kappa shape index (κ2) is 5.19. The van der Waals surface area contributed by atoms with Gasteiger partial charge < -0.3 is 9.84 Å². The summed E-state index contributed by atoms with van der Waals surface area (Å²) in [6.45, 7) is 1.87. The number of rotatable bonds is 4. The molecule has 17 heavy (non-hydrogen) atoms. The number of hydrogen-bond acceptors (Lipinski definition) is 4. The molecule has 0 saturated carbocycles. The lowest BCUT2D eigenvalue weighted by atomic mass is 10.1. The molecule has 2 N–H and O–H groups in total. The van der Waals surface area contributed by atoms with Crippen molar-refractivity contribution < 1.29 is 18.3 Å². The molecule has 2 rings (SSSR count). The first-order valence-electron chi connectivity index (χ1n) is 6.07. The molecule has 2 aliphatic heterocycles. The molecule has 0 aromatic rings. The largest absolute Gasteiger partial charge is 0.386 e. The average molecular weight is 264 g/mol. The highest BCUT2D eigenvalue weighted by Crippen LogP contribution is 2.18. The molecule has 1 atom stereocenters.